The lowest BCUT2D eigenvalue weighted by Crippen LogP contribution is -2.47. The largest absolute Gasteiger partial charge is 0.298 e. The monoisotopic (exact) mass is 280 g/mol. The van der Waals surface area contributed by atoms with E-state index in [1.807, 2.05) is 11.8 Å². The quantitative estimate of drug-likeness (QED) is 0.711. The zero-order valence-corrected chi connectivity index (χ0v) is 12.4. The van der Waals surface area contributed by atoms with E-state index in [2.05, 4.69) is 16.5 Å². The summed E-state index contributed by atoms with van der Waals surface area (Å²) in [6.07, 6.45) is 4.80. The molecule has 0 aromatic carbocycles. The van der Waals surface area contributed by atoms with Crippen molar-refractivity contribution in [2.75, 3.05) is 37.4 Å². The molecule has 0 bridgehead atoms. The summed E-state index contributed by atoms with van der Waals surface area (Å²) in [5, 5.41) is 0. The first-order chi connectivity index (χ1) is 8.03. The van der Waals surface area contributed by atoms with Crippen molar-refractivity contribution < 1.29 is 8.42 Å². The molecule has 1 saturated heterocycles. The van der Waals surface area contributed by atoms with Crippen LogP contribution in [0.15, 0.2) is 0 Å². The SMILES string of the molecule is CCSCCN1CCCC[C@@H]1CNS(C)(=O)=O. The molecule has 1 aliphatic heterocycles. The van der Waals surface area contributed by atoms with E-state index in [4.69, 9.17) is 0 Å². The zero-order chi connectivity index (χ0) is 12.7. The van der Waals surface area contributed by atoms with Crippen LogP contribution >= 0.6 is 11.8 Å². The highest BCUT2D eigenvalue weighted by Crippen LogP contribution is 2.17. The lowest BCUT2D eigenvalue weighted by molar-refractivity contribution is 0.160. The average Bonchev–Trinajstić information content (AvgIpc) is 2.27. The van der Waals surface area contributed by atoms with Gasteiger partial charge >= 0.3 is 0 Å². The number of hydrogen-bond acceptors (Lipinski definition) is 4. The fraction of sp³-hybridized carbons (Fsp3) is 1.00. The van der Waals surface area contributed by atoms with Gasteiger partial charge in [0.2, 0.25) is 10.0 Å². The molecule has 102 valence electrons. The molecular weight excluding hydrogens is 256 g/mol. The van der Waals surface area contributed by atoms with Crippen LogP contribution in [0.2, 0.25) is 0 Å². The van der Waals surface area contributed by atoms with E-state index in [9.17, 15) is 8.42 Å². The van der Waals surface area contributed by atoms with Crippen LogP contribution in [0.1, 0.15) is 26.2 Å². The minimum Gasteiger partial charge on any atom is -0.298 e. The van der Waals surface area contributed by atoms with Gasteiger partial charge in [-0.2, -0.15) is 11.8 Å². The molecule has 0 unspecified atom stereocenters. The predicted octanol–water partition coefficient (Wildman–Crippen LogP) is 1.14. The van der Waals surface area contributed by atoms with Crippen molar-refractivity contribution >= 4 is 21.8 Å². The van der Waals surface area contributed by atoms with Gasteiger partial charge in [0.25, 0.3) is 0 Å². The minimum atomic E-state index is -3.05. The molecule has 6 heteroatoms. The average molecular weight is 280 g/mol. The Labute approximate surface area is 110 Å². The summed E-state index contributed by atoms with van der Waals surface area (Å²) in [5.74, 6) is 2.30. The Hall–Kier alpha value is 0.220. The minimum absolute atomic E-state index is 0.385. The number of piperidine rings is 1. The molecule has 0 amide bonds. The first-order valence-electron chi connectivity index (χ1n) is 6.29. The summed E-state index contributed by atoms with van der Waals surface area (Å²) in [4.78, 5) is 2.43. The van der Waals surface area contributed by atoms with Crippen LogP contribution in [0.4, 0.5) is 0 Å². The van der Waals surface area contributed by atoms with Crippen molar-refractivity contribution in [3.05, 3.63) is 0 Å². The number of likely N-dealkylation sites (tertiary alicyclic amines) is 1. The molecule has 17 heavy (non-hydrogen) atoms. The molecule has 1 aliphatic rings. The number of sulfonamides is 1. The van der Waals surface area contributed by atoms with E-state index < -0.39 is 10.0 Å². The maximum atomic E-state index is 11.1. The van der Waals surface area contributed by atoms with E-state index in [-0.39, 0.29) is 0 Å². The van der Waals surface area contributed by atoms with Gasteiger partial charge in [-0.25, -0.2) is 13.1 Å². The normalized spacial score (nSPS) is 22.8. The number of hydrogen-bond donors (Lipinski definition) is 1. The lowest BCUT2D eigenvalue weighted by atomic mass is 10.0. The number of nitrogens with one attached hydrogen (secondary N) is 1. The molecule has 0 aliphatic carbocycles. The number of rotatable bonds is 7. The van der Waals surface area contributed by atoms with E-state index in [1.54, 1.807) is 0 Å². The predicted molar refractivity (Wildman–Crippen MR) is 75.1 cm³/mol. The van der Waals surface area contributed by atoms with Gasteiger partial charge in [-0.1, -0.05) is 13.3 Å². The smallest absolute Gasteiger partial charge is 0.208 e. The van der Waals surface area contributed by atoms with Gasteiger partial charge in [0.05, 0.1) is 6.26 Å². The van der Waals surface area contributed by atoms with Crippen LogP contribution in [0.5, 0.6) is 0 Å². The Morgan fingerprint density at radius 3 is 2.82 bits per heavy atom. The summed E-state index contributed by atoms with van der Waals surface area (Å²) in [6.45, 7) is 4.92. The molecule has 1 fully saturated rings. The number of nitrogens with zero attached hydrogens (tertiary/aromatic N) is 1. The highest BCUT2D eigenvalue weighted by Gasteiger charge is 2.22. The fourth-order valence-electron chi connectivity index (χ4n) is 2.16. The second-order valence-electron chi connectivity index (χ2n) is 4.50. The Bertz CT molecular complexity index is 307. The van der Waals surface area contributed by atoms with Gasteiger partial charge in [0.1, 0.15) is 0 Å². The molecule has 1 atom stereocenters. The second-order valence-corrected chi connectivity index (χ2v) is 7.73. The third-order valence-electron chi connectivity index (χ3n) is 3.06. The van der Waals surface area contributed by atoms with Crippen molar-refractivity contribution in [2.24, 2.45) is 0 Å². The number of thioether (sulfide) groups is 1. The third kappa shape index (κ3) is 6.64. The molecule has 1 heterocycles. The third-order valence-corrected chi connectivity index (χ3v) is 4.63. The molecule has 0 spiro atoms. The van der Waals surface area contributed by atoms with Crippen molar-refractivity contribution in [3.63, 3.8) is 0 Å². The first-order valence-corrected chi connectivity index (χ1v) is 9.34. The maximum Gasteiger partial charge on any atom is 0.208 e. The van der Waals surface area contributed by atoms with E-state index in [0.29, 0.717) is 12.6 Å². The summed E-state index contributed by atoms with van der Waals surface area (Å²) < 4.78 is 24.9. The highest BCUT2D eigenvalue weighted by atomic mass is 32.2. The molecule has 0 aromatic rings. The summed E-state index contributed by atoms with van der Waals surface area (Å²) in [5.41, 5.74) is 0. The Morgan fingerprint density at radius 2 is 2.18 bits per heavy atom. The van der Waals surface area contributed by atoms with Crippen molar-refractivity contribution in [1.29, 1.82) is 0 Å². The first kappa shape index (κ1) is 15.3. The zero-order valence-electron chi connectivity index (χ0n) is 10.8. The fourth-order valence-corrected chi connectivity index (χ4v) is 3.31. The van der Waals surface area contributed by atoms with Gasteiger partial charge in [-0.15, -0.1) is 0 Å². The van der Waals surface area contributed by atoms with Crippen LogP contribution in [0, 0.1) is 0 Å². The maximum absolute atomic E-state index is 11.1. The molecule has 4 nitrogen and oxygen atoms in total. The molecule has 0 radical (unpaired) electrons. The topological polar surface area (TPSA) is 49.4 Å². The molecule has 0 saturated carbocycles. The van der Waals surface area contributed by atoms with E-state index in [1.165, 1.54) is 19.1 Å². The van der Waals surface area contributed by atoms with E-state index >= 15 is 0 Å². The van der Waals surface area contributed by atoms with Crippen molar-refractivity contribution in [3.8, 4) is 0 Å². The summed E-state index contributed by atoms with van der Waals surface area (Å²) in [7, 11) is -3.05. The standard InChI is InChI=1S/C11H24N2O2S2/c1-3-16-9-8-13-7-5-4-6-11(13)10-12-17(2,14)15/h11-12H,3-10H2,1-2H3/t11-/m1/s1. The van der Waals surface area contributed by atoms with Crippen LogP contribution in [0.25, 0.3) is 0 Å². The summed E-state index contributed by atoms with van der Waals surface area (Å²) in [6, 6.07) is 0.385. The van der Waals surface area contributed by atoms with Gasteiger partial charge in [0.15, 0.2) is 0 Å². The Kier molecular flexibility index (Phi) is 6.84. The van der Waals surface area contributed by atoms with Crippen LogP contribution < -0.4 is 4.72 Å². The Morgan fingerprint density at radius 1 is 1.41 bits per heavy atom. The van der Waals surface area contributed by atoms with Gasteiger partial charge in [-0.05, 0) is 25.1 Å². The molecule has 0 aromatic heterocycles. The van der Waals surface area contributed by atoms with Crippen LogP contribution in [-0.2, 0) is 10.0 Å². The molecule has 1 N–H and O–H groups in total. The Balaban J connectivity index is 2.37. The molecular formula is C11H24N2O2S2. The summed E-state index contributed by atoms with van der Waals surface area (Å²) >= 11 is 1.95. The van der Waals surface area contributed by atoms with E-state index in [0.717, 1.165) is 31.0 Å². The van der Waals surface area contributed by atoms with Gasteiger partial charge < -0.3 is 0 Å². The van der Waals surface area contributed by atoms with Crippen molar-refractivity contribution in [2.45, 2.75) is 32.2 Å². The van der Waals surface area contributed by atoms with Crippen molar-refractivity contribution in [1.82, 2.24) is 9.62 Å². The van der Waals surface area contributed by atoms with Gasteiger partial charge in [-0.3, -0.25) is 4.90 Å². The van der Waals surface area contributed by atoms with Crippen LogP contribution in [0.3, 0.4) is 0 Å². The highest BCUT2D eigenvalue weighted by molar-refractivity contribution is 7.99. The second kappa shape index (κ2) is 7.61. The molecule has 1 rings (SSSR count). The lowest BCUT2D eigenvalue weighted by Gasteiger charge is -2.35. The van der Waals surface area contributed by atoms with Crippen LogP contribution in [-0.4, -0.2) is 56.8 Å². The van der Waals surface area contributed by atoms with Gasteiger partial charge in [0, 0.05) is 24.9 Å².